The van der Waals surface area contributed by atoms with Crippen molar-refractivity contribution in [3.63, 3.8) is 0 Å². The van der Waals surface area contributed by atoms with Crippen LogP contribution in [0.15, 0.2) is 79.3 Å². The number of hydrogen-bond donors (Lipinski definition) is 1. The van der Waals surface area contributed by atoms with Crippen molar-refractivity contribution in [2.75, 3.05) is 12.0 Å². The molecular weight excluding hydrogens is 514 g/mol. The van der Waals surface area contributed by atoms with E-state index >= 15 is 0 Å². The molecule has 1 amide bonds. The van der Waals surface area contributed by atoms with Gasteiger partial charge in [0.1, 0.15) is 11.4 Å². The molecule has 4 aromatic rings. The van der Waals surface area contributed by atoms with Crippen LogP contribution in [0.5, 0.6) is 11.5 Å². The minimum absolute atomic E-state index is 0.0605. The molecule has 0 saturated carbocycles. The number of methoxy groups -OCH3 is 1. The Labute approximate surface area is 233 Å². The second kappa shape index (κ2) is 10.7. The highest BCUT2D eigenvalue weighted by atomic mass is 35.5. The van der Waals surface area contributed by atoms with Gasteiger partial charge in [-0.1, -0.05) is 29.8 Å². The molecule has 1 aliphatic rings. The van der Waals surface area contributed by atoms with Crippen LogP contribution in [0.1, 0.15) is 54.6 Å². The van der Waals surface area contributed by atoms with Gasteiger partial charge < -0.3 is 14.6 Å². The number of amides is 1. The molecular formula is C31H30ClN3O4. The van der Waals surface area contributed by atoms with Gasteiger partial charge in [-0.05, 0) is 85.5 Å². The van der Waals surface area contributed by atoms with Gasteiger partial charge in [0.05, 0.1) is 25.7 Å². The van der Waals surface area contributed by atoms with Crippen molar-refractivity contribution in [1.82, 2.24) is 9.97 Å². The second-order valence-electron chi connectivity index (χ2n) is 9.98. The van der Waals surface area contributed by atoms with Crippen LogP contribution >= 0.6 is 11.6 Å². The molecule has 0 radical (unpaired) electrons. The summed E-state index contributed by atoms with van der Waals surface area (Å²) in [6, 6.07) is 17.9. The number of carbonyl (C=O) groups is 1. The first kappa shape index (κ1) is 26.7. The van der Waals surface area contributed by atoms with E-state index in [1.54, 1.807) is 61.8 Å². The number of fused-ring (bicyclic) bond motifs is 1. The van der Waals surface area contributed by atoms with Crippen molar-refractivity contribution in [3.05, 3.63) is 112 Å². The normalized spacial score (nSPS) is 16.5. The molecule has 2 atom stereocenters. The third-order valence-electron chi connectivity index (χ3n) is 6.94. The number of benzene rings is 2. The molecule has 1 aliphatic heterocycles. The summed E-state index contributed by atoms with van der Waals surface area (Å²) in [5.41, 5.74) is 2.68. The first-order valence-electron chi connectivity index (χ1n) is 12.7. The van der Waals surface area contributed by atoms with Crippen LogP contribution < -0.4 is 14.4 Å². The van der Waals surface area contributed by atoms with E-state index in [1.165, 1.54) is 0 Å². The number of rotatable bonds is 7. The van der Waals surface area contributed by atoms with Crippen LogP contribution in [0.3, 0.4) is 0 Å². The Balaban J connectivity index is 1.61. The van der Waals surface area contributed by atoms with Crippen LogP contribution in [-0.2, 0) is 16.8 Å². The lowest BCUT2D eigenvalue weighted by molar-refractivity contribution is -0.118. The van der Waals surface area contributed by atoms with Gasteiger partial charge in [-0.25, -0.2) is 4.98 Å². The Morgan fingerprint density at radius 1 is 1.03 bits per heavy atom. The van der Waals surface area contributed by atoms with Crippen molar-refractivity contribution in [2.45, 2.75) is 44.9 Å². The zero-order chi connectivity index (χ0) is 27.7. The summed E-state index contributed by atoms with van der Waals surface area (Å²) in [5.74, 6) is 1.56. The molecule has 1 unspecified atom stereocenters. The fourth-order valence-electron chi connectivity index (χ4n) is 4.96. The zero-order valence-electron chi connectivity index (χ0n) is 22.3. The average molecular weight is 544 g/mol. The standard InChI is InChI=1S/C31H30ClN3O4/c1-19(2)39-27-17-25-21(15-26(27)38-4)16-29(36)35(30(25)20-5-8-24(32)9-6-20)28-10-7-23(18-34-28)31(3,37)22-11-13-33-14-12-22/h5-15,17-19,30,37H,16H2,1-4H3/t30?,31-/m0/s1. The molecule has 5 rings (SSSR count). The predicted molar refractivity (Wildman–Crippen MR) is 150 cm³/mol. The second-order valence-corrected chi connectivity index (χ2v) is 10.4. The number of carbonyl (C=O) groups excluding carboxylic acids is 1. The van der Waals surface area contributed by atoms with E-state index in [2.05, 4.69) is 9.97 Å². The van der Waals surface area contributed by atoms with Crippen molar-refractivity contribution in [2.24, 2.45) is 0 Å². The van der Waals surface area contributed by atoms with Gasteiger partial charge >= 0.3 is 0 Å². The van der Waals surface area contributed by atoms with Gasteiger partial charge in [0.2, 0.25) is 5.91 Å². The summed E-state index contributed by atoms with van der Waals surface area (Å²) in [4.78, 5) is 24.1. The summed E-state index contributed by atoms with van der Waals surface area (Å²) in [5, 5.41) is 11.9. The lowest BCUT2D eigenvalue weighted by Crippen LogP contribution is -2.41. The first-order chi connectivity index (χ1) is 18.7. The van der Waals surface area contributed by atoms with E-state index in [0.29, 0.717) is 33.5 Å². The number of ether oxygens (including phenoxy) is 2. The molecule has 0 bridgehead atoms. The monoisotopic (exact) mass is 543 g/mol. The van der Waals surface area contributed by atoms with Gasteiger partial charge in [-0.2, -0.15) is 0 Å². The van der Waals surface area contributed by atoms with E-state index in [-0.39, 0.29) is 18.4 Å². The lowest BCUT2D eigenvalue weighted by atomic mass is 9.87. The highest BCUT2D eigenvalue weighted by Crippen LogP contribution is 2.43. The minimum Gasteiger partial charge on any atom is -0.493 e. The lowest BCUT2D eigenvalue weighted by Gasteiger charge is -2.37. The zero-order valence-corrected chi connectivity index (χ0v) is 23.0. The average Bonchev–Trinajstić information content (AvgIpc) is 2.93. The third-order valence-corrected chi connectivity index (χ3v) is 7.19. The van der Waals surface area contributed by atoms with Crippen molar-refractivity contribution in [1.29, 1.82) is 0 Å². The van der Waals surface area contributed by atoms with E-state index in [0.717, 1.165) is 16.7 Å². The van der Waals surface area contributed by atoms with Crippen LogP contribution in [0, 0.1) is 0 Å². The molecule has 3 heterocycles. The van der Waals surface area contributed by atoms with Gasteiger partial charge in [-0.15, -0.1) is 0 Å². The van der Waals surface area contributed by atoms with Gasteiger partial charge in [0.15, 0.2) is 11.5 Å². The molecule has 0 saturated heterocycles. The summed E-state index contributed by atoms with van der Waals surface area (Å²) < 4.78 is 11.7. The fraction of sp³-hybridized carbons (Fsp3) is 0.258. The van der Waals surface area contributed by atoms with Crippen LogP contribution in [0.25, 0.3) is 0 Å². The van der Waals surface area contributed by atoms with Gasteiger partial charge in [0, 0.05) is 29.2 Å². The number of hydrogen-bond acceptors (Lipinski definition) is 6. The van der Waals surface area contributed by atoms with E-state index in [4.69, 9.17) is 21.1 Å². The highest BCUT2D eigenvalue weighted by molar-refractivity contribution is 6.30. The Morgan fingerprint density at radius 3 is 2.36 bits per heavy atom. The molecule has 7 nitrogen and oxygen atoms in total. The van der Waals surface area contributed by atoms with Crippen molar-refractivity contribution in [3.8, 4) is 11.5 Å². The molecule has 0 aliphatic carbocycles. The molecule has 2 aromatic heterocycles. The fourth-order valence-corrected chi connectivity index (χ4v) is 5.08. The predicted octanol–water partition coefficient (Wildman–Crippen LogP) is 5.86. The maximum atomic E-state index is 13.7. The maximum absolute atomic E-state index is 13.7. The number of nitrogens with zero attached hydrogens (tertiary/aromatic N) is 3. The molecule has 39 heavy (non-hydrogen) atoms. The molecule has 1 N–H and O–H groups in total. The number of aromatic nitrogens is 2. The Bertz CT molecular complexity index is 1470. The number of pyridine rings is 2. The van der Waals surface area contributed by atoms with Crippen LogP contribution in [0.4, 0.5) is 5.82 Å². The number of halogens is 1. The molecule has 8 heteroatoms. The van der Waals surface area contributed by atoms with Crippen molar-refractivity contribution >= 4 is 23.3 Å². The molecule has 200 valence electrons. The van der Waals surface area contributed by atoms with Crippen molar-refractivity contribution < 1.29 is 19.4 Å². The Hall–Kier alpha value is -3.94. The highest BCUT2D eigenvalue weighted by Gasteiger charge is 2.37. The molecule has 0 spiro atoms. The maximum Gasteiger partial charge on any atom is 0.233 e. The Morgan fingerprint density at radius 2 is 1.74 bits per heavy atom. The van der Waals surface area contributed by atoms with Gasteiger partial charge in [-0.3, -0.25) is 14.7 Å². The summed E-state index contributed by atoms with van der Waals surface area (Å²) >= 11 is 6.21. The third kappa shape index (κ3) is 5.20. The van der Waals surface area contributed by atoms with Gasteiger partial charge in [0.25, 0.3) is 0 Å². The molecule has 2 aromatic carbocycles. The minimum atomic E-state index is -1.28. The molecule has 0 fully saturated rings. The van der Waals surface area contributed by atoms with E-state index < -0.39 is 11.6 Å². The smallest absolute Gasteiger partial charge is 0.233 e. The SMILES string of the molecule is COc1cc2c(cc1OC(C)C)C(c1ccc(Cl)cc1)N(c1ccc([C@@](C)(O)c3ccncc3)cn1)C(=O)C2. The summed E-state index contributed by atoms with van der Waals surface area (Å²) in [6.07, 6.45) is 5.00. The van der Waals surface area contributed by atoms with E-state index in [1.807, 2.05) is 50.2 Å². The largest absolute Gasteiger partial charge is 0.493 e. The Kier molecular flexibility index (Phi) is 7.30. The quantitative estimate of drug-likeness (QED) is 0.314. The van der Waals surface area contributed by atoms with Crippen LogP contribution in [-0.4, -0.2) is 34.2 Å². The first-order valence-corrected chi connectivity index (χ1v) is 13.1. The summed E-state index contributed by atoms with van der Waals surface area (Å²) in [7, 11) is 1.59. The number of aliphatic hydroxyl groups is 1. The van der Waals surface area contributed by atoms with Crippen LogP contribution in [0.2, 0.25) is 5.02 Å². The summed E-state index contributed by atoms with van der Waals surface area (Å²) in [6.45, 7) is 5.62. The topological polar surface area (TPSA) is 84.8 Å². The van der Waals surface area contributed by atoms with E-state index in [9.17, 15) is 9.90 Å². The number of anilines is 1.